The second-order valence-electron chi connectivity index (χ2n) is 9.15. The second-order valence-corrected chi connectivity index (χ2v) is 11.7. The molecule has 1 heterocycles. The Morgan fingerprint density at radius 2 is 1.21 bits per heavy atom. The first-order valence-corrected chi connectivity index (χ1v) is 13.2. The maximum Gasteiger partial charge on any atom is 0.240 e. The third kappa shape index (κ3) is 2.64. The lowest BCUT2D eigenvalue weighted by atomic mass is 9.54. The van der Waals surface area contributed by atoms with Crippen molar-refractivity contribution >= 4 is 49.4 Å². The molecule has 4 nitrogen and oxygen atoms in total. The van der Waals surface area contributed by atoms with Crippen LogP contribution in [0.2, 0.25) is 0 Å². The number of anilines is 1. The number of amides is 2. The normalized spacial score (nSPS) is 28.5. The molecule has 0 spiro atoms. The number of unbranched alkanes of at least 4 members (excludes halogenated alkanes) is 1. The van der Waals surface area contributed by atoms with Crippen LogP contribution in [-0.4, -0.2) is 18.4 Å². The van der Waals surface area contributed by atoms with Gasteiger partial charge in [0.15, 0.2) is 0 Å². The average molecular weight is 581 g/mol. The van der Waals surface area contributed by atoms with Crippen LogP contribution in [0.3, 0.4) is 0 Å². The number of halogens is 2. The monoisotopic (exact) mass is 579 g/mol. The van der Waals surface area contributed by atoms with Crippen molar-refractivity contribution in [2.24, 2.45) is 11.8 Å². The number of hydrogen-bond acceptors (Lipinski definition) is 3. The van der Waals surface area contributed by atoms with Gasteiger partial charge in [0.2, 0.25) is 11.8 Å². The van der Waals surface area contributed by atoms with E-state index in [0.29, 0.717) is 18.0 Å². The standard InChI is InChI=1S/C28H23Br2NO3/c1-2-3-16-34-22-15-9-8-14-21(22)31-25(32)23-24(26(31)33)28(30)18-11-5-4-10-17(18)27(23,29)19-12-6-7-13-20(19)28/h4-15,23-24H,2-3,16H2,1H3/t23-,24+,27?,28?. The van der Waals surface area contributed by atoms with E-state index >= 15 is 0 Å². The van der Waals surface area contributed by atoms with Crippen LogP contribution in [0.4, 0.5) is 5.69 Å². The minimum Gasteiger partial charge on any atom is -0.491 e. The van der Waals surface area contributed by atoms with Gasteiger partial charge in [-0.3, -0.25) is 9.59 Å². The summed E-state index contributed by atoms with van der Waals surface area (Å²) in [6.45, 7) is 2.64. The highest BCUT2D eigenvalue weighted by Gasteiger charge is 2.72. The summed E-state index contributed by atoms with van der Waals surface area (Å²) in [6.07, 6.45) is 1.91. The Morgan fingerprint density at radius 3 is 1.68 bits per heavy atom. The lowest BCUT2D eigenvalue weighted by molar-refractivity contribution is -0.122. The molecule has 34 heavy (non-hydrogen) atoms. The number of benzene rings is 3. The molecule has 2 amide bonds. The van der Waals surface area contributed by atoms with Crippen LogP contribution >= 0.6 is 31.9 Å². The van der Waals surface area contributed by atoms with Gasteiger partial charge in [0.25, 0.3) is 0 Å². The Morgan fingerprint density at radius 1 is 0.765 bits per heavy atom. The first-order valence-electron chi connectivity index (χ1n) is 11.6. The number of para-hydroxylation sites is 2. The molecule has 6 heteroatoms. The largest absolute Gasteiger partial charge is 0.491 e. The fourth-order valence-corrected chi connectivity index (χ4v) is 8.30. The first-order chi connectivity index (χ1) is 16.5. The molecule has 1 fully saturated rings. The summed E-state index contributed by atoms with van der Waals surface area (Å²) < 4.78 is 4.43. The molecule has 7 rings (SSSR count). The van der Waals surface area contributed by atoms with Crippen molar-refractivity contribution in [1.29, 1.82) is 0 Å². The van der Waals surface area contributed by atoms with Crippen molar-refractivity contribution in [3.05, 3.63) is 95.1 Å². The van der Waals surface area contributed by atoms with E-state index < -0.39 is 20.5 Å². The van der Waals surface area contributed by atoms with E-state index in [9.17, 15) is 9.59 Å². The van der Waals surface area contributed by atoms with E-state index in [-0.39, 0.29) is 11.8 Å². The second kappa shape index (κ2) is 7.79. The third-order valence-electron chi connectivity index (χ3n) is 7.45. The predicted molar refractivity (Wildman–Crippen MR) is 139 cm³/mol. The molecular weight excluding hydrogens is 558 g/mol. The van der Waals surface area contributed by atoms with Crippen LogP contribution in [0.15, 0.2) is 72.8 Å². The molecule has 0 aromatic heterocycles. The van der Waals surface area contributed by atoms with Gasteiger partial charge in [-0.25, -0.2) is 4.90 Å². The summed E-state index contributed by atoms with van der Waals surface area (Å²) in [7, 11) is 0. The van der Waals surface area contributed by atoms with Gasteiger partial charge < -0.3 is 4.74 Å². The molecule has 1 aliphatic heterocycles. The van der Waals surface area contributed by atoms with E-state index in [0.717, 1.165) is 35.1 Å². The lowest BCUT2D eigenvalue weighted by Gasteiger charge is -2.55. The zero-order chi connectivity index (χ0) is 23.7. The van der Waals surface area contributed by atoms with Gasteiger partial charge in [-0.2, -0.15) is 0 Å². The molecule has 172 valence electrons. The van der Waals surface area contributed by atoms with Crippen molar-refractivity contribution in [3.8, 4) is 5.75 Å². The number of carbonyl (C=O) groups excluding carboxylic acids is 2. The highest BCUT2D eigenvalue weighted by atomic mass is 79.9. The molecule has 0 N–H and O–H groups in total. The summed E-state index contributed by atoms with van der Waals surface area (Å²) in [4.78, 5) is 29.7. The van der Waals surface area contributed by atoms with Crippen LogP contribution in [0.25, 0.3) is 0 Å². The van der Waals surface area contributed by atoms with Crippen LogP contribution in [-0.2, 0) is 18.2 Å². The zero-order valence-electron chi connectivity index (χ0n) is 18.6. The topological polar surface area (TPSA) is 46.6 Å². The van der Waals surface area contributed by atoms with E-state index in [1.165, 1.54) is 4.90 Å². The van der Waals surface area contributed by atoms with Gasteiger partial charge in [-0.1, -0.05) is 106 Å². The number of alkyl halides is 2. The quantitative estimate of drug-likeness (QED) is 0.203. The van der Waals surface area contributed by atoms with E-state index in [1.54, 1.807) is 6.07 Å². The lowest BCUT2D eigenvalue weighted by Crippen LogP contribution is -2.56. The highest BCUT2D eigenvalue weighted by Crippen LogP contribution is 2.71. The molecule has 2 bridgehead atoms. The van der Waals surface area contributed by atoms with E-state index in [2.05, 4.69) is 63.0 Å². The Bertz CT molecular complexity index is 1210. The number of rotatable bonds is 5. The molecule has 0 unspecified atom stereocenters. The Kier molecular flexibility index (Phi) is 5.05. The number of ether oxygens (including phenoxy) is 1. The van der Waals surface area contributed by atoms with Crippen molar-refractivity contribution in [3.63, 3.8) is 0 Å². The molecule has 2 atom stereocenters. The summed E-state index contributed by atoms with van der Waals surface area (Å²) in [6, 6.07) is 23.6. The summed E-state index contributed by atoms with van der Waals surface area (Å²) >= 11 is 8.09. The fourth-order valence-electron chi connectivity index (χ4n) is 5.99. The molecule has 1 saturated heterocycles. The highest BCUT2D eigenvalue weighted by molar-refractivity contribution is 9.10. The predicted octanol–water partition coefficient (Wildman–Crippen LogP) is 6.28. The summed E-state index contributed by atoms with van der Waals surface area (Å²) in [5.74, 6) is -1.02. The third-order valence-corrected chi connectivity index (χ3v) is 10.1. The van der Waals surface area contributed by atoms with Crippen LogP contribution < -0.4 is 9.64 Å². The average Bonchev–Trinajstić information content (AvgIpc) is 3.14. The molecule has 0 radical (unpaired) electrons. The van der Waals surface area contributed by atoms with Gasteiger partial charge in [-0.15, -0.1) is 0 Å². The number of carbonyl (C=O) groups is 2. The van der Waals surface area contributed by atoms with Crippen molar-refractivity contribution in [1.82, 2.24) is 0 Å². The van der Waals surface area contributed by atoms with Crippen LogP contribution in [0, 0.1) is 11.8 Å². The molecule has 3 aromatic carbocycles. The van der Waals surface area contributed by atoms with Crippen molar-refractivity contribution in [2.45, 2.75) is 28.4 Å². The maximum absolute atomic E-state index is 14.2. The Balaban J connectivity index is 1.55. The maximum atomic E-state index is 14.2. The Labute approximate surface area is 215 Å². The smallest absolute Gasteiger partial charge is 0.240 e. The Hall–Kier alpha value is -2.44. The van der Waals surface area contributed by atoms with Crippen molar-refractivity contribution in [2.75, 3.05) is 11.5 Å². The van der Waals surface area contributed by atoms with Gasteiger partial charge in [0.05, 0.1) is 32.8 Å². The van der Waals surface area contributed by atoms with Gasteiger partial charge in [0, 0.05) is 0 Å². The van der Waals surface area contributed by atoms with Gasteiger partial charge in [0.1, 0.15) is 5.75 Å². The fraction of sp³-hybridized carbons (Fsp3) is 0.286. The van der Waals surface area contributed by atoms with E-state index in [4.69, 9.17) is 4.74 Å². The molecular formula is C28H23Br2NO3. The minimum absolute atomic E-state index is 0.203. The SMILES string of the molecule is CCCCOc1ccccc1N1C(=O)[C@@H]2[C@H](C1=O)C1(Br)c3ccccc3C2(Br)c2ccccc21. The number of imide groups is 1. The van der Waals surface area contributed by atoms with Gasteiger partial charge >= 0.3 is 0 Å². The molecule has 4 aliphatic rings. The van der Waals surface area contributed by atoms with Gasteiger partial charge in [-0.05, 0) is 40.8 Å². The number of nitrogens with zero attached hydrogens (tertiary/aromatic N) is 1. The molecule has 3 aliphatic carbocycles. The minimum atomic E-state index is -0.792. The summed E-state index contributed by atoms with van der Waals surface area (Å²) in [5.41, 5.74) is 4.64. The first kappa shape index (κ1) is 22.1. The van der Waals surface area contributed by atoms with E-state index in [1.807, 2.05) is 42.5 Å². The van der Waals surface area contributed by atoms with Crippen molar-refractivity contribution < 1.29 is 14.3 Å². The molecule has 3 aromatic rings. The zero-order valence-corrected chi connectivity index (χ0v) is 21.8. The summed E-state index contributed by atoms with van der Waals surface area (Å²) in [5, 5.41) is 0. The molecule has 0 saturated carbocycles. The van der Waals surface area contributed by atoms with Crippen LogP contribution in [0.5, 0.6) is 5.75 Å². The van der Waals surface area contributed by atoms with Crippen LogP contribution in [0.1, 0.15) is 42.0 Å². The number of hydrogen-bond donors (Lipinski definition) is 0.